The normalized spacial score (nSPS) is 18.5. The number of aromatic nitrogens is 5. The fourth-order valence-corrected chi connectivity index (χ4v) is 3.23. The average molecular weight is 308 g/mol. The Morgan fingerprint density at radius 1 is 1.22 bits per heavy atom. The van der Waals surface area contributed by atoms with E-state index in [4.69, 9.17) is 5.10 Å². The summed E-state index contributed by atoms with van der Waals surface area (Å²) in [6.45, 7) is 5.35. The molecule has 1 fully saturated rings. The van der Waals surface area contributed by atoms with E-state index >= 15 is 0 Å². The van der Waals surface area contributed by atoms with E-state index in [1.54, 1.807) is 12.4 Å². The summed E-state index contributed by atoms with van der Waals surface area (Å²) < 4.78 is 1.87. The molecule has 1 atom stereocenters. The van der Waals surface area contributed by atoms with Crippen LogP contribution in [0.1, 0.15) is 31.9 Å². The summed E-state index contributed by atoms with van der Waals surface area (Å²) in [5, 5.41) is 4.70. The Labute approximate surface area is 135 Å². The second kappa shape index (κ2) is 5.61. The van der Waals surface area contributed by atoms with E-state index in [1.807, 2.05) is 23.6 Å². The van der Waals surface area contributed by atoms with E-state index in [-0.39, 0.29) is 0 Å². The highest BCUT2D eigenvalue weighted by Gasteiger charge is 2.22. The van der Waals surface area contributed by atoms with Crippen LogP contribution in [-0.2, 0) is 0 Å². The highest BCUT2D eigenvalue weighted by molar-refractivity contribution is 5.58. The van der Waals surface area contributed by atoms with Crippen LogP contribution in [0.2, 0.25) is 0 Å². The highest BCUT2D eigenvalue weighted by atomic mass is 15.4. The van der Waals surface area contributed by atoms with Gasteiger partial charge in [-0.1, -0.05) is 0 Å². The molecule has 0 spiro atoms. The van der Waals surface area contributed by atoms with Gasteiger partial charge in [-0.2, -0.15) is 9.50 Å². The van der Waals surface area contributed by atoms with Gasteiger partial charge in [-0.3, -0.25) is 4.98 Å². The molecule has 0 saturated carbocycles. The lowest BCUT2D eigenvalue weighted by Crippen LogP contribution is -2.38. The minimum atomic E-state index is 0.514. The molecule has 1 unspecified atom stereocenters. The van der Waals surface area contributed by atoms with Crippen LogP contribution in [0.3, 0.4) is 0 Å². The maximum atomic E-state index is 4.70. The summed E-state index contributed by atoms with van der Waals surface area (Å²) >= 11 is 0. The maximum absolute atomic E-state index is 4.70. The first kappa shape index (κ1) is 14.1. The van der Waals surface area contributed by atoms with Crippen LogP contribution in [0.25, 0.3) is 17.2 Å². The van der Waals surface area contributed by atoms with E-state index in [9.17, 15) is 0 Å². The number of rotatable bonds is 2. The van der Waals surface area contributed by atoms with Crippen molar-refractivity contribution in [2.75, 3.05) is 11.4 Å². The van der Waals surface area contributed by atoms with Gasteiger partial charge in [0, 0.05) is 42.3 Å². The molecule has 6 nitrogen and oxygen atoms in total. The first-order valence-electron chi connectivity index (χ1n) is 8.14. The molecule has 3 aromatic rings. The Kier molecular flexibility index (Phi) is 3.44. The van der Waals surface area contributed by atoms with Gasteiger partial charge in [0.05, 0.1) is 0 Å². The molecule has 4 heterocycles. The van der Waals surface area contributed by atoms with E-state index in [0.29, 0.717) is 17.6 Å². The molecule has 4 rings (SSSR count). The average Bonchev–Trinajstić information content (AvgIpc) is 2.99. The van der Waals surface area contributed by atoms with Crippen LogP contribution in [0, 0.1) is 6.92 Å². The van der Waals surface area contributed by atoms with Crippen molar-refractivity contribution in [1.82, 2.24) is 24.6 Å². The fraction of sp³-hybridized carbons (Fsp3) is 0.412. The number of fused-ring (bicyclic) bond motifs is 1. The van der Waals surface area contributed by atoms with Gasteiger partial charge in [-0.05, 0) is 45.2 Å². The van der Waals surface area contributed by atoms with Crippen molar-refractivity contribution in [3.8, 4) is 11.4 Å². The summed E-state index contributed by atoms with van der Waals surface area (Å²) in [6, 6.07) is 6.49. The van der Waals surface area contributed by atoms with Crippen molar-refractivity contribution < 1.29 is 0 Å². The number of aryl methyl sites for hydroxylation is 1. The highest BCUT2D eigenvalue weighted by Crippen LogP contribution is 2.26. The minimum absolute atomic E-state index is 0.514. The van der Waals surface area contributed by atoms with Crippen molar-refractivity contribution >= 4 is 11.6 Å². The van der Waals surface area contributed by atoms with E-state index in [1.165, 1.54) is 19.3 Å². The number of hydrogen-bond acceptors (Lipinski definition) is 5. The van der Waals surface area contributed by atoms with Gasteiger partial charge < -0.3 is 4.90 Å². The lowest BCUT2D eigenvalue weighted by molar-refractivity contribution is 0.477. The summed E-state index contributed by atoms with van der Waals surface area (Å²) in [7, 11) is 0. The molecule has 6 heteroatoms. The number of pyridine rings is 1. The van der Waals surface area contributed by atoms with Crippen LogP contribution >= 0.6 is 0 Å². The van der Waals surface area contributed by atoms with Gasteiger partial charge in [0.15, 0.2) is 5.82 Å². The molecule has 0 amide bonds. The fourth-order valence-electron chi connectivity index (χ4n) is 3.23. The van der Waals surface area contributed by atoms with Crippen molar-refractivity contribution in [3.63, 3.8) is 0 Å². The van der Waals surface area contributed by atoms with Crippen molar-refractivity contribution in [1.29, 1.82) is 0 Å². The molecule has 0 aliphatic carbocycles. The van der Waals surface area contributed by atoms with Gasteiger partial charge in [-0.25, -0.2) is 4.98 Å². The molecule has 1 saturated heterocycles. The molecule has 0 N–H and O–H groups in total. The summed E-state index contributed by atoms with van der Waals surface area (Å²) in [4.78, 5) is 15.7. The third kappa shape index (κ3) is 2.54. The zero-order valence-electron chi connectivity index (χ0n) is 13.5. The van der Waals surface area contributed by atoms with Crippen LogP contribution in [0.15, 0.2) is 30.6 Å². The van der Waals surface area contributed by atoms with E-state index < -0.39 is 0 Å². The Balaban J connectivity index is 1.86. The zero-order chi connectivity index (χ0) is 15.8. The molecule has 23 heavy (non-hydrogen) atoms. The van der Waals surface area contributed by atoms with Gasteiger partial charge in [0.1, 0.15) is 5.82 Å². The summed E-state index contributed by atoms with van der Waals surface area (Å²) in [6.07, 6.45) is 7.26. The van der Waals surface area contributed by atoms with Crippen molar-refractivity contribution in [2.24, 2.45) is 0 Å². The SMILES string of the molecule is Cc1cc(N2CCCCC2C)n2nc(-c3cccnc3)nc2n1. The molecular weight excluding hydrogens is 288 g/mol. The van der Waals surface area contributed by atoms with Crippen LogP contribution in [-0.4, -0.2) is 37.2 Å². The number of hydrogen-bond donors (Lipinski definition) is 0. The molecule has 0 bridgehead atoms. The smallest absolute Gasteiger partial charge is 0.254 e. The lowest BCUT2D eigenvalue weighted by atomic mass is 10.0. The molecule has 3 aromatic heterocycles. The quantitative estimate of drug-likeness (QED) is 0.728. The predicted octanol–water partition coefficient (Wildman–Crippen LogP) is 2.87. The Morgan fingerprint density at radius 3 is 2.91 bits per heavy atom. The lowest BCUT2D eigenvalue weighted by Gasteiger charge is -2.35. The van der Waals surface area contributed by atoms with E-state index in [2.05, 4.69) is 32.8 Å². The predicted molar refractivity (Wildman–Crippen MR) is 89.4 cm³/mol. The van der Waals surface area contributed by atoms with Gasteiger partial charge in [0.25, 0.3) is 5.78 Å². The van der Waals surface area contributed by atoms with Crippen molar-refractivity contribution in [2.45, 2.75) is 39.2 Å². The Bertz CT molecular complexity index is 826. The van der Waals surface area contributed by atoms with Gasteiger partial charge in [0.2, 0.25) is 0 Å². The standard InChI is InChI=1S/C17H20N6/c1-12-10-15(22-9-4-3-6-13(22)2)23-17(19-12)20-16(21-23)14-7-5-8-18-11-14/h5,7-8,10-11,13H,3-4,6,9H2,1-2H3. The monoisotopic (exact) mass is 308 g/mol. The molecule has 1 aliphatic heterocycles. The van der Waals surface area contributed by atoms with Crippen molar-refractivity contribution in [3.05, 3.63) is 36.3 Å². The molecular formula is C17H20N6. The zero-order valence-corrected chi connectivity index (χ0v) is 13.5. The molecule has 0 radical (unpaired) electrons. The van der Waals surface area contributed by atoms with Gasteiger partial charge in [-0.15, -0.1) is 5.10 Å². The third-order valence-corrected chi connectivity index (χ3v) is 4.44. The van der Waals surface area contributed by atoms with Crippen LogP contribution in [0.5, 0.6) is 0 Å². The Hall–Kier alpha value is -2.50. The number of nitrogens with zero attached hydrogens (tertiary/aromatic N) is 6. The van der Waals surface area contributed by atoms with Crippen LogP contribution < -0.4 is 4.90 Å². The first-order chi connectivity index (χ1) is 11.2. The topological polar surface area (TPSA) is 59.2 Å². The number of anilines is 1. The Morgan fingerprint density at radius 2 is 2.13 bits per heavy atom. The second-order valence-corrected chi connectivity index (χ2v) is 6.18. The third-order valence-electron chi connectivity index (χ3n) is 4.44. The minimum Gasteiger partial charge on any atom is -0.354 e. The van der Waals surface area contributed by atoms with E-state index in [0.717, 1.165) is 23.6 Å². The summed E-state index contributed by atoms with van der Waals surface area (Å²) in [5.41, 5.74) is 1.88. The molecule has 118 valence electrons. The molecule has 1 aliphatic rings. The van der Waals surface area contributed by atoms with Gasteiger partial charge >= 0.3 is 0 Å². The summed E-state index contributed by atoms with van der Waals surface area (Å²) in [5.74, 6) is 2.40. The van der Waals surface area contributed by atoms with Crippen LogP contribution in [0.4, 0.5) is 5.82 Å². The maximum Gasteiger partial charge on any atom is 0.254 e. The first-order valence-corrected chi connectivity index (χ1v) is 8.14. The molecule has 0 aromatic carbocycles. The largest absolute Gasteiger partial charge is 0.354 e. The number of piperidine rings is 1. The second-order valence-electron chi connectivity index (χ2n) is 6.18.